The largest absolute Gasteiger partial charge is 0.373 e. The number of rotatable bonds is 3. The van der Waals surface area contributed by atoms with Gasteiger partial charge in [-0.05, 0) is 11.1 Å². The summed E-state index contributed by atoms with van der Waals surface area (Å²) in [5, 5.41) is 11.8. The van der Waals surface area contributed by atoms with Gasteiger partial charge in [0.2, 0.25) is 0 Å². The molecule has 0 aliphatic rings. The minimum absolute atomic E-state index is 0.167. The van der Waals surface area contributed by atoms with Crippen molar-refractivity contribution in [2.75, 3.05) is 0 Å². The first-order valence-corrected chi connectivity index (χ1v) is 8.44. The molecule has 4 rings (SSSR count). The monoisotopic (exact) mass is 362 g/mol. The number of nitrogens with zero attached hydrogens (tertiary/aromatic N) is 3. The fourth-order valence-corrected chi connectivity index (χ4v) is 3.30. The van der Waals surface area contributed by atoms with Crippen molar-refractivity contribution in [2.45, 2.75) is 5.60 Å². The highest BCUT2D eigenvalue weighted by atomic mass is 16.3. The van der Waals surface area contributed by atoms with E-state index in [1.165, 1.54) is 11.6 Å². The third kappa shape index (κ3) is 2.43. The molecule has 2 aromatic heterocycles. The third-order valence-electron chi connectivity index (χ3n) is 4.82. The maximum Gasteiger partial charge on any atom is 0.332 e. The molecule has 0 unspecified atom stereocenters. The van der Waals surface area contributed by atoms with Crippen LogP contribution < -0.4 is 11.2 Å². The second kappa shape index (κ2) is 6.07. The van der Waals surface area contributed by atoms with Gasteiger partial charge in [-0.2, -0.15) is 0 Å². The van der Waals surface area contributed by atoms with Gasteiger partial charge >= 0.3 is 5.69 Å². The lowest BCUT2D eigenvalue weighted by Gasteiger charge is -2.27. The van der Waals surface area contributed by atoms with Crippen LogP contribution in [0.2, 0.25) is 0 Å². The normalized spacial score (nSPS) is 11.8. The first-order chi connectivity index (χ1) is 12.9. The van der Waals surface area contributed by atoms with Gasteiger partial charge < -0.3 is 10.1 Å². The summed E-state index contributed by atoms with van der Waals surface area (Å²) in [6.07, 6.45) is 0. The number of benzene rings is 2. The van der Waals surface area contributed by atoms with E-state index in [0.717, 1.165) is 4.57 Å². The van der Waals surface area contributed by atoms with Crippen LogP contribution in [0.15, 0.2) is 70.3 Å². The lowest BCUT2D eigenvalue weighted by molar-refractivity contribution is 0.117. The Hall–Kier alpha value is -3.45. The van der Waals surface area contributed by atoms with E-state index < -0.39 is 16.9 Å². The summed E-state index contributed by atoms with van der Waals surface area (Å²) in [4.78, 5) is 32.1. The fourth-order valence-electron chi connectivity index (χ4n) is 3.30. The van der Waals surface area contributed by atoms with Gasteiger partial charge in [0.05, 0.1) is 0 Å². The molecule has 7 heteroatoms. The van der Waals surface area contributed by atoms with Crippen LogP contribution in [0.1, 0.15) is 17.0 Å². The smallest absolute Gasteiger partial charge is 0.332 e. The topological polar surface area (TPSA) is 92.9 Å². The summed E-state index contributed by atoms with van der Waals surface area (Å²) in [7, 11) is 2.95. The minimum Gasteiger partial charge on any atom is -0.373 e. The molecule has 7 nitrogen and oxygen atoms in total. The zero-order valence-corrected chi connectivity index (χ0v) is 14.9. The zero-order chi connectivity index (χ0) is 19.2. The van der Waals surface area contributed by atoms with Gasteiger partial charge in [-0.25, -0.2) is 9.78 Å². The minimum atomic E-state index is -1.61. The van der Waals surface area contributed by atoms with Gasteiger partial charge in [-0.1, -0.05) is 60.7 Å². The molecule has 27 heavy (non-hydrogen) atoms. The number of fused-ring (bicyclic) bond motifs is 1. The number of H-pyrrole nitrogens is 1. The molecular weight excluding hydrogens is 344 g/mol. The zero-order valence-electron chi connectivity index (χ0n) is 14.9. The molecule has 0 amide bonds. The summed E-state index contributed by atoms with van der Waals surface area (Å²) in [5.41, 5.74) is -1.02. The Bertz CT molecular complexity index is 1200. The average molecular weight is 362 g/mol. The summed E-state index contributed by atoms with van der Waals surface area (Å²) < 4.78 is 2.29. The first-order valence-electron chi connectivity index (χ1n) is 8.44. The summed E-state index contributed by atoms with van der Waals surface area (Å²) in [6, 6.07) is 18.1. The number of aryl methyl sites for hydroxylation is 1. The molecule has 0 saturated heterocycles. The Morgan fingerprint density at radius 2 is 1.41 bits per heavy atom. The van der Waals surface area contributed by atoms with E-state index in [9.17, 15) is 14.7 Å². The van der Waals surface area contributed by atoms with Crippen molar-refractivity contribution in [3.8, 4) is 0 Å². The molecule has 0 radical (unpaired) electrons. The quantitative estimate of drug-likeness (QED) is 0.574. The van der Waals surface area contributed by atoms with E-state index in [2.05, 4.69) is 9.97 Å². The Kier molecular flexibility index (Phi) is 3.82. The van der Waals surface area contributed by atoms with E-state index in [1.807, 2.05) is 36.4 Å². The molecule has 2 N–H and O–H groups in total. The summed E-state index contributed by atoms with van der Waals surface area (Å²) in [5.74, 6) is 0.174. The van der Waals surface area contributed by atoms with Crippen LogP contribution in [-0.4, -0.2) is 24.2 Å². The lowest BCUT2D eigenvalue weighted by Crippen LogP contribution is -2.36. The molecule has 2 aromatic carbocycles. The van der Waals surface area contributed by atoms with E-state index >= 15 is 0 Å². The van der Waals surface area contributed by atoms with Crippen LogP contribution >= 0.6 is 0 Å². The molecule has 0 aliphatic heterocycles. The molecule has 0 aliphatic carbocycles. The predicted molar refractivity (Wildman–Crippen MR) is 102 cm³/mol. The van der Waals surface area contributed by atoms with E-state index in [1.54, 1.807) is 31.3 Å². The number of hydrogen-bond donors (Lipinski definition) is 2. The number of hydrogen-bond acceptors (Lipinski definition) is 4. The summed E-state index contributed by atoms with van der Waals surface area (Å²) >= 11 is 0. The first kappa shape index (κ1) is 17.0. The second-order valence-corrected chi connectivity index (χ2v) is 6.43. The number of imidazole rings is 1. The molecular formula is C20H18N4O3. The highest BCUT2D eigenvalue weighted by Gasteiger charge is 2.37. The SMILES string of the molecule is Cn1c(=O)c2[nH]c(C(O)(c3ccccc3)c3ccccc3)nc2n(C)c1=O. The number of aromatic nitrogens is 4. The average Bonchev–Trinajstić information content (AvgIpc) is 3.17. The van der Waals surface area contributed by atoms with E-state index in [4.69, 9.17) is 0 Å². The van der Waals surface area contributed by atoms with Gasteiger partial charge in [0, 0.05) is 14.1 Å². The highest BCUT2D eigenvalue weighted by Crippen LogP contribution is 2.35. The van der Waals surface area contributed by atoms with Crippen molar-refractivity contribution < 1.29 is 5.11 Å². The molecule has 0 atom stereocenters. The molecule has 0 saturated carbocycles. The van der Waals surface area contributed by atoms with Crippen molar-refractivity contribution in [1.29, 1.82) is 0 Å². The number of aliphatic hydroxyl groups is 1. The second-order valence-electron chi connectivity index (χ2n) is 6.43. The number of nitrogens with one attached hydrogen (secondary N) is 1. The molecule has 0 fully saturated rings. The molecule has 0 spiro atoms. The Morgan fingerprint density at radius 1 is 0.889 bits per heavy atom. The van der Waals surface area contributed by atoms with Gasteiger partial charge in [-0.15, -0.1) is 0 Å². The van der Waals surface area contributed by atoms with Gasteiger partial charge in [0.25, 0.3) is 5.56 Å². The van der Waals surface area contributed by atoms with Crippen LogP contribution in [0, 0.1) is 0 Å². The molecule has 4 aromatic rings. The van der Waals surface area contributed by atoms with Crippen molar-refractivity contribution in [2.24, 2.45) is 14.1 Å². The van der Waals surface area contributed by atoms with Crippen LogP contribution in [-0.2, 0) is 19.7 Å². The van der Waals surface area contributed by atoms with Crippen LogP contribution in [0.4, 0.5) is 0 Å². The maximum absolute atomic E-state index is 12.5. The fraction of sp³-hybridized carbons (Fsp3) is 0.150. The lowest BCUT2D eigenvalue weighted by atomic mass is 9.85. The van der Waals surface area contributed by atoms with Crippen molar-refractivity contribution >= 4 is 11.2 Å². The maximum atomic E-state index is 12.5. The standard InChI is InChI=1S/C20H18N4O3/c1-23-16-15(17(25)24(2)19(23)26)21-18(22-16)20(27,13-9-5-3-6-10-13)14-11-7-4-8-12-14/h3-12,27H,1-2H3,(H,21,22). The van der Waals surface area contributed by atoms with Crippen LogP contribution in [0.5, 0.6) is 0 Å². The molecule has 136 valence electrons. The third-order valence-corrected chi connectivity index (χ3v) is 4.82. The van der Waals surface area contributed by atoms with Crippen LogP contribution in [0.25, 0.3) is 11.2 Å². The predicted octanol–water partition coefficient (Wildman–Crippen LogP) is 1.24. The van der Waals surface area contributed by atoms with E-state index in [0.29, 0.717) is 11.1 Å². The van der Waals surface area contributed by atoms with Crippen molar-refractivity contribution in [3.05, 3.63) is 98.5 Å². The Labute approximate surface area is 154 Å². The Balaban J connectivity index is 2.09. The van der Waals surface area contributed by atoms with Crippen LogP contribution in [0.3, 0.4) is 0 Å². The van der Waals surface area contributed by atoms with Crippen molar-refractivity contribution in [1.82, 2.24) is 19.1 Å². The molecule has 2 heterocycles. The highest BCUT2D eigenvalue weighted by molar-refractivity contribution is 5.70. The Morgan fingerprint density at radius 3 is 1.93 bits per heavy atom. The van der Waals surface area contributed by atoms with E-state index in [-0.39, 0.29) is 17.0 Å². The van der Waals surface area contributed by atoms with Crippen molar-refractivity contribution in [3.63, 3.8) is 0 Å². The van der Waals surface area contributed by atoms with Gasteiger partial charge in [0.1, 0.15) is 5.52 Å². The summed E-state index contributed by atoms with van der Waals surface area (Å²) in [6.45, 7) is 0. The number of aromatic amines is 1. The van der Waals surface area contributed by atoms with Gasteiger partial charge in [0.15, 0.2) is 17.1 Å². The van der Waals surface area contributed by atoms with Gasteiger partial charge in [-0.3, -0.25) is 13.9 Å². The molecule has 0 bridgehead atoms.